The van der Waals surface area contributed by atoms with Crippen LogP contribution in [0, 0.1) is 6.92 Å². The van der Waals surface area contributed by atoms with Crippen molar-refractivity contribution in [1.29, 1.82) is 0 Å². The highest BCUT2D eigenvalue weighted by Crippen LogP contribution is 2.10. The number of anilines is 2. The number of carbonyl (C=O) groups is 3. The molecule has 0 radical (unpaired) electrons. The first-order valence-electron chi connectivity index (χ1n) is 8.41. The maximum Gasteiger partial charge on any atom is 0.271 e. The summed E-state index contributed by atoms with van der Waals surface area (Å²) in [6, 6.07) is 13.9. The van der Waals surface area contributed by atoms with Crippen LogP contribution in [-0.2, 0) is 9.59 Å². The molecular formula is C20H22N4O3. The molecule has 0 bridgehead atoms. The predicted molar refractivity (Wildman–Crippen MR) is 106 cm³/mol. The van der Waals surface area contributed by atoms with Crippen molar-refractivity contribution in [2.45, 2.75) is 27.2 Å². The normalized spacial score (nSPS) is 10.9. The molecule has 0 aliphatic rings. The Labute approximate surface area is 157 Å². The second-order valence-electron chi connectivity index (χ2n) is 6.14. The number of aryl methyl sites for hydroxylation is 1. The fraction of sp³-hybridized carbons (Fsp3) is 0.200. The Morgan fingerprint density at radius 3 is 2.26 bits per heavy atom. The third kappa shape index (κ3) is 6.74. The monoisotopic (exact) mass is 366 g/mol. The lowest BCUT2D eigenvalue weighted by Gasteiger charge is -2.07. The molecule has 0 fully saturated rings. The van der Waals surface area contributed by atoms with Gasteiger partial charge in [0.2, 0.25) is 11.8 Å². The summed E-state index contributed by atoms with van der Waals surface area (Å²) in [5, 5.41) is 9.37. The summed E-state index contributed by atoms with van der Waals surface area (Å²) in [7, 11) is 0. The van der Waals surface area contributed by atoms with E-state index < -0.39 is 5.91 Å². The Morgan fingerprint density at radius 1 is 0.926 bits per heavy atom. The molecule has 2 aromatic rings. The SMILES string of the molecule is CC(=O)Nc1ccc(C(=O)NN=C(C)CC(=O)Nc2cccc(C)c2)cc1. The van der Waals surface area contributed by atoms with Crippen molar-refractivity contribution in [3.63, 3.8) is 0 Å². The van der Waals surface area contributed by atoms with Gasteiger partial charge in [-0.2, -0.15) is 5.10 Å². The predicted octanol–water partition coefficient (Wildman–Crippen LogP) is 3.09. The third-order valence-corrected chi connectivity index (χ3v) is 3.53. The Morgan fingerprint density at radius 2 is 1.63 bits per heavy atom. The molecule has 7 heteroatoms. The van der Waals surface area contributed by atoms with Crippen molar-refractivity contribution in [3.8, 4) is 0 Å². The summed E-state index contributed by atoms with van der Waals surface area (Å²) in [5.74, 6) is -0.796. The van der Waals surface area contributed by atoms with Gasteiger partial charge in [-0.1, -0.05) is 12.1 Å². The van der Waals surface area contributed by atoms with Gasteiger partial charge in [-0.05, 0) is 55.8 Å². The summed E-state index contributed by atoms with van der Waals surface area (Å²) in [6.07, 6.45) is 0.0652. The van der Waals surface area contributed by atoms with E-state index in [-0.39, 0.29) is 18.2 Å². The largest absolute Gasteiger partial charge is 0.326 e. The first kappa shape index (κ1) is 19.8. The van der Waals surface area contributed by atoms with Crippen LogP contribution in [-0.4, -0.2) is 23.4 Å². The van der Waals surface area contributed by atoms with Crippen molar-refractivity contribution >= 4 is 34.8 Å². The van der Waals surface area contributed by atoms with Crippen molar-refractivity contribution in [1.82, 2.24) is 5.43 Å². The highest BCUT2D eigenvalue weighted by Gasteiger charge is 2.07. The second-order valence-corrected chi connectivity index (χ2v) is 6.14. The average molecular weight is 366 g/mol. The molecule has 0 saturated carbocycles. The van der Waals surface area contributed by atoms with E-state index in [4.69, 9.17) is 0 Å². The summed E-state index contributed by atoms with van der Waals surface area (Å²) in [6.45, 7) is 5.02. The maximum absolute atomic E-state index is 12.1. The van der Waals surface area contributed by atoms with Crippen LogP contribution in [0.5, 0.6) is 0 Å². The number of carbonyl (C=O) groups excluding carboxylic acids is 3. The van der Waals surface area contributed by atoms with Gasteiger partial charge in [0.1, 0.15) is 0 Å². The highest BCUT2D eigenvalue weighted by molar-refractivity contribution is 6.06. The zero-order valence-corrected chi connectivity index (χ0v) is 15.5. The number of hydrazone groups is 1. The van der Waals surface area contributed by atoms with E-state index in [1.54, 1.807) is 31.2 Å². The van der Waals surface area contributed by atoms with E-state index in [1.165, 1.54) is 6.92 Å². The van der Waals surface area contributed by atoms with Crippen molar-refractivity contribution in [2.75, 3.05) is 10.6 Å². The maximum atomic E-state index is 12.1. The standard InChI is InChI=1S/C20H22N4O3/c1-13-5-4-6-18(11-13)22-19(26)12-14(2)23-24-20(27)16-7-9-17(10-8-16)21-15(3)25/h4-11H,12H2,1-3H3,(H,21,25)(H,22,26)(H,24,27). The lowest BCUT2D eigenvalue weighted by Crippen LogP contribution is -2.21. The summed E-state index contributed by atoms with van der Waals surface area (Å²) < 4.78 is 0. The zero-order chi connectivity index (χ0) is 19.8. The van der Waals surface area contributed by atoms with Crippen LogP contribution in [0.2, 0.25) is 0 Å². The minimum Gasteiger partial charge on any atom is -0.326 e. The lowest BCUT2D eigenvalue weighted by atomic mass is 10.2. The molecule has 0 heterocycles. The van der Waals surface area contributed by atoms with E-state index in [2.05, 4.69) is 21.2 Å². The summed E-state index contributed by atoms with van der Waals surface area (Å²) in [4.78, 5) is 35.1. The second kappa shape index (κ2) is 9.28. The molecule has 0 saturated heterocycles. The molecule has 27 heavy (non-hydrogen) atoms. The molecule has 0 aromatic heterocycles. The molecule has 3 N–H and O–H groups in total. The first-order chi connectivity index (χ1) is 12.8. The molecule has 2 rings (SSSR count). The molecule has 7 nitrogen and oxygen atoms in total. The van der Waals surface area contributed by atoms with Gasteiger partial charge >= 0.3 is 0 Å². The Hall–Kier alpha value is -3.48. The fourth-order valence-corrected chi connectivity index (χ4v) is 2.32. The van der Waals surface area contributed by atoms with Crippen LogP contribution in [0.15, 0.2) is 53.6 Å². The van der Waals surface area contributed by atoms with Crippen LogP contribution in [0.4, 0.5) is 11.4 Å². The fourth-order valence-electron chi connectivity index (χ4n) is 2.32. The smallest absolute Gasteiger partial charge is 0.271 e. The van der Waals surface area contributed by atoms with Gasteiger partial charge < -0.3 is 10.6 Å². The molecule has 0 aliphatic heterocycles. The zero-order valence-electron chi connectivity index (χ0n) is 15.5. The van der Waals surface area contributed by atoms with Gasteiger partial charge in [-0.3, -0.25) is 14.4 Å². The number of hydrogen-bond donors (Lipinski definition) is 3. The third-order valence-electron chi connectivity index (χ3n) is 3.53. The van der Waals surface area contributed by atoms with Crippen LogP contribution in [0.3, 0.4) is 0 Å². The van der Waals surface area contributed by atoms with Gasteiger partial charge in [0.25, 0.3) is 5.91 Å². The number of benzene rings is 2. The minimum absolute atomic E-state index is 0.0652. The number of hydrogen-bond acceptors (Lipinski definition) is 4. The van der Waals surface area contributed by atoms with Crippen LogP contribution >= 0.6 is 0 Å². The molecule has 140 valence electrons. The number of nitrogens with one attached hydrogen (secondary N) is 3. The molecule has 0 atom stereocenters. The molecule has 0 unspecified atom stereocenters. The van der Waals surface area contributed by atoms with Gasteiger partial charge in [0.15, 0.2) is 0 Å². The van der Waals surface area contributed by atoms with E-state index in [9.17, 15) is 14.4 Å². The van der Waals surface area contributed by atoms with Crippen LogP contribution in [0.25, 0.3) is 0 Å². The summed E-state index contributed by atoms with van der Waals surface area (Å²) in [5.41, 5.74) is 5.66. The Bertz CT molecular complexity index is 873. The van der Waals surface area contributed by atoms with Gasteiger partial charge in [0, 0.05) is 29.6 Å². The first-order valence-corrected chi connectivity index (χ1v) is 8.41. The van der Waals surface area contributed by atoms with E-state index in [0.29, 0.717) is 17.0 Å². The molecular weight excluding hydrogens is 344 g/mol. The average Bonchev–Trinajstić information content (AvgIpc) is 2.59. The van der Waals surface area contributed by atoms with Crippen molar-refractivity contribution in [3.05, 3.63) is 59.7 Å². The Kier molecular flexibility index (Phi) is 6.82. The summed E-state index contributed by atoms with van der Waals surface area (Å²) >= 11 is 0. The van der Waals surface area contributed by atoms with Gasteiger partial charge in [-0.15, -0.1) is 0 Å². The molecule has 0 aliphatic carbocycles. The van der Waals surface area contributed by atoms with Crippen molar-refractivity contribution in [2.24, 2.45) is 5.10 Å². The van der Waals surface area contributed by atoms with Gasteiger partial charge in [0.05, 0.1) is 6.42 Å². The number of amides is 3. The molecule has 3 amide bonds. The van der Waals surface area contributed by atoms with Crippen LogP contribution in [0.1, 0.15) is 36.2 Å². The van der Waals surface area contributed by atoms with E-state index in [1.807, 2.05) is 31.2 Å². The molecule has 0 spiro atoms. The Balaban J connectivity index is 1.87. The van der Waals surface area contributed by atoms with Crippen LogP contribution < -0.4 is 16.1 Å². The van der Waals surface area contributed by atoms with Crippen molar-refractivity contribution < 1.29 is 14.4 Å². The minimum atomic E-state index is -0.400. The van der Waals surface area contributed by atoms with E-state index in [0.717, 1.165) is 11.3 Å². The lowest BCUT2D eigenvalue weighted by molar-refractivity contribution is -0.115. The highest BCUT2D eigenvalue weighted by atomic mass is 16.2. The number of rotatable bonds is 6. The van der Waals surface area contributed by atoms with E-state index >= 15 is 0 Å². The van der Waals surface area contributed by atoms with Gasteiger partial charge in [-0.25, -0.2) is 5.43 Å². The topological polar surface area (TPSA) is 99.7 Å². The quantitative estimate of drug-likeness (QED) is 0.541. The number of nitrogens with zero attached hydrogens (tertiary/aromatic N) is 1. The molecule has 2 aromatic carbocycles.